The molecule has 9 amide bonds. The van der Waals surface area contributed by atoms with Gasteiger partial charge < -0.3 is 87.5 Å². The Morgan fingerprint density at radius 3 is 1.92 bits per heavy atom. The highest BCUT2D eigenvalue weighted by Gasteiger charge is 2.40. The number of piperidine rings is 1. The number of nitrogens with zero attached hydrogens (tertiary/aromatic N) is 3. The molecule has 3 aromatic rings. The molecule has 37 nitrogen and oxygen atoms in total. The molecule has 1 aliphatic heterocycles. The average Bonchev–Trinajstić information content (AvgIpc) is 1.27. The van der Waals surface area contributed by atoms with E-state index < -0.39 is 157 Å². The third-order valence-corrected chi connectivity index (χ3v) is 23.2. The van der Waals surface area contributed by atoms with Crippen molar-refractivity contribution < 1.29 is 126 Å². The molecule has 1 aromatic heterocycles. The number of carboxylic acids is 5. The molecule has 2 heterocycles. The molecule has 14 N–H and O–H groups in total. The number of urea groups is 2. The number of amides is 9. The van der Waals surface area contributed by atoms with Crippen LogP contribution >= 0.6 is 32.9 Å². The van der Waals surface area contributed by atoms with Gasteiger partial charge in [-0.2, -0.15) is 9.59 Å². The van der Waals surface area contributed by atoms with Crippen molar-refractivity contribution in [3.63, 3.8) is 0 Å². The lowest BCUT2D eigenvalue weighted by Gasteiger charge is -2.39. The molecule has 0 spiro atoms. The van der Waals surface area contributed by atoms with Gasteiger partial charge in [-0.3, -0.25) is 62.4 Å². The van der Waals surface area contributed by atoms with Crippen LogP contribution in [-0.2, 0) is 101 Å². The number of ether oxygens (including phenoxy) is 2. The molecule has 120 heavy (non-hydrogen) atoms. The van der Waals surface area contributed by atoms with Crippen LogP contribution in [0.25, 0.3) is 0 Å². The van der Waals surface area contributed by atoms with E-state index in [0.29, 0.717) is 48.2 Å². The summed E-state index contributed by atoms with van der Waals surface area (Å²) in [6, 6.07) is 5.21. The average molecular weight is 1740 g/mol. The molecular formula is C80H115N11O26S3. The van der Waals surface area contributed by atoms with Crippen LogP contribution in [0.4, 0.5) is 9.59 Å². The maximum Gasteiger partial charge on any atom is 0.373 e. The Balaban J connectivity index is 0.0000122. The number of aliphatic carboxylic acids is 5. The van der Waals surface area contributed by atoms with Gasteiger partial charge in [0.1, 0.15) is 36.7 Å². The van der Waals surface area contributed by atoms with Crippen LogP contribution in [0.15, 0.2) is 53.9 Å². The quantitative estimate of drug-likeness (QED) is 0.0137. The van der Waals surface area contributed by atoms with Gasteiger partial charge in [-0.1, -0.05) is 119 Å². The molecule has 4 rings (SSSR count). The fourth-order valence-corrected chi connectivity index (χ4v) is 15.7. The number of unbranched alkanes of at least 4 members (excludes halogenated alkanes) is 1. The van der Waals surface area contributed by atoms with Crippen molar-refractivity contribution in [2.24, 2.45) is 29.6 Å². The predicted octanol–water partition coefficient (Wildman–Crippen LogP) is 5.84. The first kappa shape index (κ1) is 104. The van der Waals surface area contributed by atoms with Crippen molar-refractivity contribution in [1.29, 1.82) is 0 Å². The fourth-order valence-electron chi connectivity index (χ4n) is 12.9. The van der Waals surface area contributed by atoms with E-state index in [1.54, 1.807) is 41.5 Å². The number of Topliss-reactive ketones (excluding diaryl/α,β-unsaturated/α-hetero) is 2. The number of thiazole rings is 1. The number of hydrogen-bond acceptors (Lipinski definition) is 26. The molecule has 11 atom stereocenters. The number of hydrogen-bond donors (Lipinski definition) is 14. The molecule has 1 fully saturated rings. The lowest BCUT2D eigenvalue weighted by atomic mass is 9.82. The third kappa shape index (κ3) is 40.5. The first-order valence-electron chi connectivity index (χ1n) is 39.7. The minimum Gasteiger partial charge on any atom is -0.508 e. The highest BCUT2D eigenvalue weighted by atomic mass is 33.1. The molecule has 664 valence electrons. The Labute approximate surface area is 708 Å². The summed E-state index contributed by atoms with van der Waals surface area (Å²) in [5.74, 6) is -16.5. The van der Waals surface area contributed by atoms with Gasteiger partial charge in [-0.25, -0.2) is 24.2 Å². The van der Waals surface area contributed by atoms with Crippen molar-refractivity contribution in [3.05, 3.63) is 81.3 Å². The zero-order chi connectivity index (χ0) is 89.6. The molecular weight excluding hydrogens is 1630 g/mol. The van der Waals surface area contributed by atoms with E-state index in [-0.39, 0.29) is 149 Å². The highest BCUT2D eigenvalue weighted by Crippen LogP contribution is 2.33. The molecule has 1 unspecified atom stereocenters. The van der Waals surface area contributed by atoms with Gasteiger partial charge in [-0.05, 0) is 118 Å². The fraction of sp³-hybridized carbons (Fsp3) is 0.600. The van der Waals surface area contributed by atoms with Crippen molar-refractivity contribution in [2.75, 3.05) is 58.1 Å². The smallest absolute Gasteiger partial charge is 0.373 e. The number of phenols is 1. The number of phenolic OH excluding ortho intramolecular Hbond substituents is 1. The minimum absolute atomic E-state index is 0.0158. The van der Waals surface area contributed by atoms with Crippen LogP contribution in [0.1, 0.15) is 196 Å². The van der Waals surface area contributed by atoms with E-state index in [0.717, 1.165) is 53.0 Å². The standard InChI is InChI=1S/C79H115N11O24S3.CO2/c1-9-16-69(101)114-45-90(75(106)56(47(5)10-2)39-64(93)61-18-12-14-30-89(61)8)62(46(3)4)34-49(7)74-87-59(43-115-74)73(105)84-54(35-50-24-26-55(91)27-25-50)33-48(6)71(103)82-42-70(102)113-31-32-116-117-44-60(77(109)110)86-72(104)53(38-67(97)98)37-63(92)58(40-68(99)100)85-65(94)36-51-20-22-52(23-21-51)41-83-78(111)80-28-13-11-17-57(76(107)108)88-79(112)81-29-15-19-66(95)96;2-1-3/h20-27,43,46-49,53-54,56-58,60-62,91H,9-19,28-42,44-45H2,1-8H3,(H,82,103)(H,84,105)(H,85,94)(H,86,104)(H,95,96)(H,97,98)(H,99,100)(H,107,108)(H,109,110)(H2,80,83,111)(H2,81,88,112);/t47?,48-,49+,53-,54+,56-,57-,58-,60-,61+,62+;/m0./s1. The van der Waals surface area contributed by atoms with Crippen LogP contribution in [-0.4, -0.2) is 241 Å². The van der Waals surface area contributed by atoms with Crippen molar-refractivity contribution in [1.82, 2.24) is 57.3 Å². The number of benzene rings is 2. The van der Waals surface area contributed by atoms with Gasteiger partial charge in [0, 0.05) is 92.0 Å². The zero-order valence-corrected chi connectivity index (χ0v) is 71.3. The maximum absolute atomic E-state index is 15.0. The molecule has 0 bridgehead atoms. The number of nitrogens with one attached hydrogen (secondary N) is 8. The molecule has 0 saturated carbocycles. The second-order valence-corrected chi connectivity index (χ2v) is 33.2. The topological polar surface area (TPSA) is 563 Å². The number of aromatic hydroxyl groups is 1. The van der Waals surface area contributed by atoms with Crippen LogP contribution in [0.3, 0.4) is 0 Å². The summed E-state index contributed by atoms with van der Waals surface area (Å²) >= 11 is 1.26. The maximum atomic E-state index is 15.0. The summed E-state index contributed by atoms with van der Waals surface area (Å²) in [6.07, 6.45) is 2.50. The summed E-state index contributed by atoms with van der Waals surface area (Å²) in [7, 11) is 3.92. The molecule has 1 aliphatic rings. The second kappa shape index (κ2) is 56.0. The first-order valence-corrected chi connectivity index (χ1v) is 43.0. The van der Waals surface area contributed by atoms with E-state index in [1.165, 1.54) is 35.6 Å². The van der Waals surface area contributed by atoms with Crippen molar-refractivity contribution >= 4 is 134 Å². The largest absolute Gasteiger partial charge is 0.508 e. The second-order valence-electron chi connectivity index (χ2n) is 29.7. The van der Waals surface area contributed by atoms with E-state index in [1.807, 2.05) is 48.6 Å². The van der Waals surface area contributed by atoms with E-state index in [2.05, 4.69) is 47.4 Å². The lowest BCUT2D eigenvalue weighted by Crippen LogP contribution is -2.50. The molecule has 40 heteroatoms. The molecule has 0 radical (unpaired) electrons. The number of esters is 2. The number of likely N-dealkylation sites (N-methyl/N-ethyl adjacent to an activating group) is 1. The molecule has 0 aliphatic carbocycles. The van der Waals surface area contributed by atoms with Crippen LogP contribution in [0.2, 0.25) is 0 Å². The number of carbonyl (C=O) groups excluding carboxylic acids is 13. The summed E-state index contributed by atoms with van der Waals surface area (Å²) in [5.41, 5.74) is 1.82. The number of carboxylic acid groups (broad SMARTS) is 5. The number of carbonyl (C=O) groups is 16. The van der Waals surface area contributed by atoms with Gasteiger partial charge in [0.25, 0.3) is 5.91 Å². The van der Waals surface area contributed by atoms with Crippen molar-refractivity contribution in [3.8, 4) is 5.75 Å². The van der Waals surface area contributed by atoms with Gasteiger partial charge in [-0.15, -0.1) is 11.3 Å². The van der Waals surface area contributed by atoms with Crippen LogP contribution in [0.5, 0.6) is 5.75 Å². The Morgan fingerprint density at radius 1 is 0.658 bits per heavy atom. The highest BCUT2D eigenvalue weighted by molar-refractivity contribution is 8.76. The Kier molecular flexibility index (Phi) is 48.4. The number of likely N-dealkylation sites (tertiary alicyclic amines) is 1. The van der Waals surface area contributed by atoms with Crippen LogP contribution < -0.4 is 42.5 Å². The monoisotopic (exact) mass is 1740 g/mol. The van der Waals surface area contributed by atoms with Crippen molar-refractivity contribution in [2.45, 2.75) is 219 Å². The Bertz CT molecular complexity index is 3920. The zero-order valence-electron chi connectivity index (χ0n) is 68.8. The van der Waals surface area contributed by atoms with E-state index in [9.17, 15) is 102 Å². The predicted molar refractivity (Wildman–Crippen MR) is 438 cm³/mol. The van der Waals surface area contributed by atoms with E-state index in [4.69, 9.17) is 29.2 Å². The number of rotatable bonds is 56. The summed E-state index contributed by atoms with van der Waals surface area (Å²) in [4.78, 5) is 230. The minimum atomic E-state index is -1.74. The summed E-state index contributed by atoms with van der Waals surface area (Å²) < 4.78 is 11.0. The van der Waals surface area contributed by atoms with Gasteiger partial charge in [0.05, 0.1) is 42.3 Å². The molecule has 2 aromatic carbocycles. The number of aromatic nitrogens is 1. The van der Waals surface area contributed by atoms with Gasteiger partial charge in [0.15, 0.2) is 18.3 Å². The van der Waals surface area contributed by atoms with Gasteiger partial charge >= 0.3 is 60.0 Å². The Hall–Kier alpha value is -10.6. The van der Waals surface area contributed by atoms with Crippen LogP contribution in [0, 0.1) is 29.6 Å². The summed E-state index contributed by atoms with van der Waals surface area (Å²) in [6.45, 7) is 13.3. The SMILES string of the molecule is CCCC(=O)OCN(C(=O)[C@@H](CC(=O)[C@H]1CCCCN1C)C(C)CC)[C@H](C[C@@H](C)c1nc(C(=O)N[C@@H](Cc2ccc(O)cc2)C[C@H](C)C(=O)NCC(=O)OCCSSC[C@H](NC(=O)[C@H](CC(=O)O)CC(=O)[C@H](CC(=O)O)NC(=O)Cc2ccc(CNC(=O)NCCCC[C@H](NC(=O)NCCCC(=O)O)C(=O)O)cc2)C(=O)O)cs1)C(C)C.O=C=O. The number of ketones is 2. The van der Waals surface area contributed by atoms with E-state index >= 15 is 0 Å². The first-order chi connectivity index (χ1) is 56.9. The summed E-state index contributed by atoms with van der Waals surface area (Å²) in [5, 5.41) is 79.9. The normalized spacial score (nSPS) is 15.0. The lowest BCUT2D eigenvalue weighted by molar-refractivity contribution is -0.192. The Morgan fingerprint density at radius 2 is 1.30 bits per heavy atom. The van der Waals surface area contributed by atoms with Gasteiger partial charge in [0.2, 0.25) is 23.6 Å². The third-order valence-electron chi connectivity index (χ3n) is 19.7. The molecule has 1 saturated heterocycles.